The molecular formula is C33H28ClN3O5. The number of aryl methyl sites for hydroxylation is 1. The molecule has 1 aliphatic heterocycles. The van der Waals surface area contributed by atoms with Crippen LogP contribution in [0.1, 0.15) is 33.1 Å². The first kappa shape index (κ1) is 28.6. The number of amides is 3. The number of fused-ring (bicyclic) bond motifs is 1. The number of halogens is 1. The van der Waals surface area contributed by atoms with Crippen LogP contribution in [0.15, 0.2) is 97.1 Å². The van der Waals surface area contributed by atoms with E-state index in [9.17, 15) is 19.2 Å². The lowest BCUT2D eigenvalue weighted by molar-refractivity contribution is -0.139. The molecule has 212 valence electrons. The molecule has 1 atom stereocenters. The Labute approximate surface area is 248 Å². The lowest BCUT2D eigenvalue weighted by Crippen LogP contribution is -2.46. The van der Waals surface area contributed by atoms with Gasteiger partial charge >= 0.3 is 0 Å². The number of para-hydroxylation sites is 1. The van der Waals surface area contributed by atoms with Gasteiger partial charge in [0.15, 0.2) is 0 Å². The van der Waals surface area contributed by atoms with E-state index < -0.39 is 36.1 Å². The van der Waals surface area contributed by atoms with Gasteiger partial charge in [-0.15, -0.1) is 0 Å². The lowest BCUT2D eigenvalue weighted by Gasteiger charge is -2.33. The summed E-state index contributed by atoms with van der Waals surface area (Å²) in [6.07, 6.45) is 0. The molecular weight excluding hydrogens is 554 g/mol. The maximum absolute atomic E-state index is 14.2. The SMILES string of the molecule is COc1ccc(NC(=O)C(c2ccc(Cl)cc2)N(Cc2ccccc2C)C(=O)CN2C(=O)C(=O)c3ccccc32)cc1. The number of carbonyl (C=O) groups excluding carboxylic acids is 4. The minimum atomic E-state index is -1.10. The third-order valence-electron chi connectivity index (χ3n) is 7.20. The Balaban J connectivity index is 1.55. The van der Waals surface area contributed by atoms with Gasteiger partial charge in [-0.2, -0.15) is 0 Å². The van der Waals surface area contributed by atoms with Crippen molar-refractivity contribution >= 4 is 46.5 Å². The molecule has 1 unspecified atom stereocenters. The Morgan fingerprint density at radius 1 is 0.905 bits per heavy atom. The van der Waals surface area contributed by atoms with Crippen molar-refractivity contribution < 1.29 is 23.9 Å². The summed E-state index contributed by atoms with van der Waals surface area (Å²) in [5, 5.41) is 3.39. The van der Waals surface area contributed by atoms with Gasteiger partial charge in [-0.05, 0) is 72.1 Å². The van der Waals surface area contributed by atoms with Crippen LogP contribution in [0.4, 0.5) is 11.4 Å². The molecule has 9 heteroatoms. The standard InChI is InChI=1S/C33H28ClN3O5/c1-21-7-3-4-8-23(21)19-37(29(38)20-36-28-10-6-5-9-27(28)31(39)33(36)41)30(22-11-13-24(34)14-12-22)32(40)35-25-15-17-26(42-2)18-16-25/h3-18,30H,19-20H2,1-2H3,(H,35,40). The maximum Gasteiger partial charge on any atom is 0.299 e. The molecule has 0 aromatic heterocycles. The molecule has 4 aromatic carbocycles. The Hall–Kier alpha value is -4.95. The summed E-state index contributed by atoms with van der Waals surface area (Å²) >= 11 is 6.17. The van der Waals surface area contributed by atoms with Crippen molar-refractivity contribution in [1.82, 2.24) is 4.90 Å². The average molecular weight is 582 g/mol. The molecule has 0 aliphatic carbocycles. The van der Waals surface area contributed by atoms with Crippen LogP contribution >= 0.6 is 11.6 Å². The highest BCUT2D eigenvalue weighted by molar-refractivity contribution is 6.52. The molecule has 0 bridgehead atoms. The third-order valence-corrected chi connectivity index (χ3v) is 7.45. The molecule has 5 rings (SSSR count). The number of nitrogens with zero attached hydrogens (tertiary/aromatic N) is 2. The van der Waals surface area contributed by atoms with Gasteiger partial charge in [-0.3, -0.25) is 24.1 Å². The predicted molar refractivity (Wildman–Crippen MR) is 161 cm³/mol. The van der Waals surface area contributed by atoms with Gasteiger partial charge < -0.3 is 15.0 Å². The normalized spacial score (nSPS) is 13.0. The number of hydrogen-bond donors (Lipinski definition) is 1. The summed E-state index contributed by atoms with van der Waals surface area (Å²) in [6.45, 7) is 1.57. The van der Waals surface area contributed by atoms with Crippen LogP contribution in [0.25, 0.3) is 0 Å². The van der Waals surface area contributed by atoms with Gasteiger partial charge in [-0.25, -0.2) is 0 Å². The second kappa shape index (κ2) is 12.3. The van der Waals surface area contributed by atoms with E-state index in [2.05, 4.69) is 5.32 Å². The van der Waals surface area contributed by atoms with Crippen LogP contribution in [0, 0.1) is 6.92 Å². The van der Waals surface area contributed by atoms with E-state index >= 15 is 0 Å². The van der Waals surface area contributed by atoms with Gasteiger partial charge in [0, 0.05) is 17.3 Å². The van der Waals surface area contributed by atoms with Crippen LogP contribution in [-0.2, 0) is 20.9 Å². The largest absolute Gasteiger partial charge is 0.497 e. The van der Waals surface area contributed by atoms with Crippen LogP contribution in [0.5, 0.6) is 5.75 Å². The topological polar surface area (TPSA) is 96.0 Å². The Kier molecular flexibility index (Phi) is 8.36. The highest BCUT2D eigenvalue weighted by Crippen LogP contribution is 2.31. The molecule has 8 nitrogen and oxygen atoms in total. The number of ketones is 1. The van der Waals surface area contributed by atoms with E-state index in [4.69, 9.17) is 16.3 Å². The van der Waals surface area contributed by atoms with E-state index in [1.54, 1.807) is 79.9 Å². The number of anilines is 2. The van der Waals surface area contributed by atoms with Crippen molar-refractivity contribution in [1.29, 1.82) is 0 Å². The fourth-order valence-corrected chi connectivity index (χ4v) is 5.05. The highest BCUT2D eigenvalue weighted by Gasteiger charge is 2.39. The fraction of sp³-hybridized carbons (Fsp3) is 0.152. The zero-order valence-electron chi connectivity index (χ0n) is 23.0. The molecule has 0 fully saturated rings. The number of benzene rings is 4. The smallest absolute Gasteiger partial charge is 0.299 e. The number of Topliss-reactive ketones (excluding diaryl/α,β-unsaturated/α-hetero) is 1. The zero-order valence-corrected chi connectivity index (χ0v) is 23.8. The molecule has 0 spiro atoms. The number of nitrogens with one attached hydrogen (secondary N) is 1. The van der Waals surface area contributed by atoms with E-state index in [0.717, 1.165) is 11.1 Å². The number of rotatable bonds is 9. The Morgan fingerprint density at radius 2 is 1.57 bits per heavy atom. The first-order valence-electron chi connectivity index (χ1n) is 13.3. The van der Waals surface area contributed by atoms with Gasteiger partial charge in [0.25, 0.3) is 17.6 Å². The van der Waals surface area contributed by atoms with E-state index in [-0.39, 0.29) is 12.1 Å². The number of methoxy groups -OCH3 is 1. The lowest BCUT2D eigenvalue weighted by atomic mass is 10.0. The monoisotopic (exact) mass is 581 g/mol. The molecule has 1 heterocycles. The zero-order chi connectivity index (χ0) is 29.8. The summed E-state index contributed by atoms with van der Waals surface area (Å²) in [7, 11) is 1.55. The summed E-state index contributed by atoms with van der Waals surface area (Å²) in [4.78, 5) is 56.4. The van der Waals surface area contributed by atoms with Crippen molar-refractivity contribution in [2.24, 2.45) is 0 Å². The van der Waals surface area contributed by atoms with E-state index in [1.807, 2.05) is 31.2 Å². The van der Waals surface area contributed by atoms with Crippen molar-refractivity contribution in [3.8, 4) is 5.75 Å². The van der Waals surface area contributed by atoms with Crippen molar-refractivity contribution in [3.63, 3.8) is 0 Å². The van der Waals surface area contributed by atoms with Gasteiger partial charge in [-0.1, -0.05) is 60.1 Å². The molecule has 42 heavy (non-hydrogen) atoms. The maximum atomic E-state index is 14.2. The molecule has 1 aliphatic rings. The molecule has 0 radical (unpaired) electrons. The predicted octanol–water partition coefficient (Wildman–Crippen LogP) is 5.60. The quantitative estimate of drug-likeness (QED) is 0.260. The van der Waals surface area contributed by atoms with Gasteiger partial charge in [0.1, 0.15) is 18.3 Å². The molecule has 4 aromatic rings. The Bertz CT molecular complexity index is 1650. The second-order valence-electron chi connectivity index (χ2n) is 9.86. The number of hydrogen-bond acceptors (Lipinski definition) is 5. The van der Waals surface area contributed by atoms with Crippen molar-refractivity contribution in [3.05, 3.63) is 124 Å². The van der Waals surface area contributed by atoms with Gasteiger partial charge in [0.2, 0.25) is 5.91 Å². The number of ether oxygens (including phenoxy) is 1. The average Bonchev–Trinajstić information content (AvgIpc) is 3.24. The number of carbonyl (C=O) groups is 4. The van der Waals surface area contributed by atoms with Crippen LogP contribution in [-0.4, -0.2) is 42.1 Å². The van der Waals surface area contributed by atoms with Crippen molar-refractivity contribution in [2.45, 2.75) is 19.5 Å². The first-order valence-corrected chi connectivity index (χ1v) is 13.6. The second-order valence-corrected chi connectivity index (χ2v) is 10.3. The van der Waals surface area contributed by atoms with E-state index in [0.29, 0.717) is 27.7 Å². The fourth-order valence-electron chi connectivity index (χ4n) is 4.93. The highest BCUT2D eigenvalue weighted by atomic mass is 35.5. The summed E-state index contributed by atoms with van der Waals surface area (Å²) in [5.74, 6) is -1.81. The Morgan fingerprint density at radius 3 is 2.26 bits per heavy atom. The molecule has 1 N–H and O–H groups in total. The van der Waals surface area contributed by atoms with Gasteiger partial charge in [0.05, 0.1) is 18.4 Å². The minimum Gasteiger partial charge on any atom is -0.497 e. The van der Waals surface area contributed by atoms with Crippen LogP contribution < -0.4 is 15.0 Å². The van der Waals surface area contributed by atoms with Crippen LogP contribution in [0.3, 0.4) is 0 Å². The summed E-state index contributed by atoms with van der Waals surface area (Å²) in [6, 6.07) is 26.6. The minimum absolute atomic E-state index is 0.0758. The summed E-state index contributed by atoms with van der Waals surface area (Å²) in [5.41, 5.74) is 3.40. The summed E-state index contributed by atoms with van der Waals surface area (Å²) < 4.78 is 5.22. The van der Waals surface area contributed by atoms with E-state index in [1.165, 1.54) is 9.80 Å². The molecule has 3 amide bonds. The first-order chi connectivity index (χ1) is 20.3. The third kappa shape index (κ3) is 5.89. The van der Waals surface area contributed by atoms with Crippen LogP contribution in [0.2, 0.25) is 5.02 Å². The molecule has 0 saturated carbocycles. The molecule has 0 saturated heterocycles. The van der Waals surface area contributed by atoms with Crippen molar-refractivity contribution in [2.75, 3.05) is 23.9 Å².